The van der Waals surface area contributed by atoms with Crippen LogP contribution < -0.4 is 11.1 Å². The molecule has 3 heteroatoms. The van der Waals surface area contributed by atoms with Gasteiger partial charge in [-0.05, 0) is 24.7 Å². The van der Waals surface area contributed by atoms with Crippen LogP contribution in [0.25, 0.3) is 0 Å². The van der Waals surface area contributed by atoms with Crippen molar-refractivity contribution in [3.63, 3.8) is 0 Å². The third-order valence-corrected chi connectivity index (χ3v) is 2.96. The van der Waals surface area contributed by atoms with E-state index in [9.17, 15) is 4.79 Å². The third kappa shape index (κ3) is 2.69. The smallest absolute Gasteiger partial charge is 0.240 e. The zero-order chi connectivity index (χ0) is 10.1. The normalized spacial score (nSPS) is 21.3. The van der Waals surface area contributed by atoms with Crippen molar-refractivity contribution >= 4 is 5.91 Å². The van der Waals surface area contributed by atoms with Gasteiger partial charge in [0.1, 0.15) is 0 Å². The molecule has 1 unspecified atom stereocenters. The first kappa shape index (κ1) is 10.5. The molecule has 13 heavy (non-hydrogen) atoms. The van der Waals surface area contributed by atoms with E-state index in [2.05, 4.69) is 26.1 Å². The number of hydrogen-bond donors (Lipinski definition) is 2. The summed E-state index contributed by atoms with van der Waals surface area (Å²) < 4.78 is 0. The monoisotopic (exact) mass is 184 g/mol. The van der Waals surface area contributed by atoms with Gasteiger partial charge < -0.3 is 11.1 Å². The van der Waals surface area contributed by atoms with Gasteiger partial charge in [-0.3, -0.25) is 4.79 Å². The van der Waals surface area contributed by atoms with E-state index < -0.39 is 5.54 Å². The number of nitrogens with two attached hydrogens (primary N) is 1. The van der Waals surface area contributed by atoms with Gasteiger partial charge in [0.2, 0.25) is 5.91 Å². The molecule has 3 N–H and O–H groups in total. The van der Waals surface area contributed by atoms with Crippen molar-refractivity contribution in [3.05, 3.63) is 0 Å². The SMILES string of the molecule is CC(C)C(C)CNC(=O)C1(N)CC1. The van der Waals surface area contributed by atoms with Crippen molar-refractivity contribution in [3.8, 4) is 0 Å². The fourth-order valence-corrected chi connectivity index (χ4v) is 1.03. The van der Waals surface area contributed by atoms with Gasteiger partial charge in [-0.1, -0.05) is 20.8 Å². The zero-order valence-electron chi connectivity index (χ0n) is 8.76. The quantitative estimate of drug-likeness (QED) is 0.681. The van der Waals surface area contributed by atoms with Crippen LogP contribution in [-0.4, -0.2) is 18.0 Å². The minimum absolute atomic E-state index is 0.0278. The third-order valence-electron chi connectivity index (χ3n) is 2.96. The molecule has 1 saturated carbocycles. The molecule has 1 aliphatic rings. The molecule has 1 fully saturated rings. The molecular formula is C10H20N2O. The lowest BCUT2D eigenvalue weighted by Crippen LogP contribution is -2.44. The highest BCUT2D eigenvalue weighted by molar-refractivity contribution is 5.88. The van der Waals surface area contributed by atoms with Crippen molar-refractivity contribution in [1.82, 2.24) is 5.32 Å². The lowest BCUT2D eigenvalue weighted by molar-refractivity contribution is -0.123. The van der Waals surface area contributed by atoms with Gasteiger partial charge in [-0.15, -0.1) is 0 Å². The Balaban J connectivity index is 2.22. The van der Waals surface area contributed by atoms with E-state index >= 15 is 0 Å². The average Bonchev–Trinajstić information content (AvgIpc) is 2.79. The second-order valence-corrected chi connectivity index (χ2v) is 4.59. The maximum atomic E-state index is 11.4. The Morgan fingerprint density at radius 1 is 1.46 bits per heavy atom. The van der Waals surface area contributed by atoms with Crippen LogP contribution in [0, 0.1) is 11.8 Å². The minimum Gasteiger partial charge on any atom is -0.354 e. The summed E-state index contributed by atoms with van der Waals surface area (Å²) in [5.74, 6) is 1.15. The molecule has 1 rings (SSSR count). The highest BCUT2D eigenvalue weighted by Gasteiger charge is 2.45. The highest BCUT2D eigenvalue weighted by Crippen LogP contribution is 2.32. The maximum Gasteiger partial charge on any atom is 0.240 e. The number of carbonyl (C=O) groups is 1. The van der Waals surface area contributed by atoms with Crippen molar-refractivity contribution in [2.45, 2.75) is 39.2 Å². The molecule has 0 bridgehead atoms. The molecule has 0 saturated heterocycles. The fourth-order valence-electron chi connectivity index (χ4n) is 1.03. The number of rotatable bonds is 4. The van der Waals surface area contributed by atoms with Crippen LogP contribution in [0.2, 0.25) is 0 Å². The Morgan fingerprint density at radius 2 is 2.00 bits per heavy atom. The molecule has 0 heterocycles. The molecular weight excluding hydrogens is 164 g/mol. The Labute approximate surface area is 80.1 Å². The van der Waals surface area contributed by atoms with Gasteiger partial charge in [0.25, 0.3) is 0 Å². The van der Waals surface area contributed by atoms with E-state index in [1.807, 2.05) is 0 Å². The van der Waals surface area contributed by atoms with E-state index in [0.29, 0.717) is 11.8 Å². The summed E-state index contributed by atoms with van der Waals surface area (Å²) in [6, 6.07) is 0. The highest BCUT2D eigenvalue weighted by atomic mass is 16.2. The first-order chi connectivity index (χ1) is 5.96. The van der Waals surface area contributed by atoms with Gasteiger partial charge in [0, 0.05) is 6.54 Å². The summed E-state index contributed by atoms with van der Waals surface area (Å²) >= 11 is 0. The van der Waals surface area contributed by atoms with E-state index in [1.165, 1.54) is 0 Å². The van der Waals surface area contributed by atoms with Crippen LogP contribution in [-0.2, 0) is 4.79 Å². The lowest BCUT2D eigenvalue weighted by Gasteiger charge is -2.17. The summed E-state index contributed by atoms with van der Waals surface area (Å²) in [4.78, 5) is 11.4. The van der Waals surface area contributed by atoms with Crippen molar-refractivity contribution in [1.29, 1.82) is 0 Å². The molecule has 76 valence electrons. The second-order valence-electron chi connectivity index (χ2n) is 4.59. The standard InChI is InChI=1S/C10H20N2O/c1-7(2)8(3)6-12-9(13)10(11)4-5-10/h7-8H,4-6,11H2,1-3H3,(H,12,13). The maximum absolute atomic E-state index is 11.4. The van der Waals surface area contributed by atoms with E-state index in [0.717, 1.165) is 19.4 Å². The molecule has 0 aromatic carbocycles. The number of hydrogen-bond acceptors (Lipinski definition) is 2. The van der Waals surface area contributed by atoms with Crippen molar-refractivity contribution < 1.29 is 4.79 Å². The molecule has 0 spiro atoms. The summed E-state index contributed by atoms with van der Waals surface area (Å²) in [5, 5.41) is 2.90. The van der Waals surface area contributed by atoms with Crippen molar-refractivity contribution in [2.24, 2.45) is 17.6 Å². The second kappa shape index (κ2) is 3.66. The van der Waals surface area contributed by atoms with Crippen LogP contribution in [0.15, 0.2) is 0 Å². The van der Waals surface area contributed by atoms with Gasteiger partial charge in [0.15, 0.2) is 0 Å². The summed E-state index contributed by atoms with van der Waals surface area (Å²) in [6.45, 7) is 7.20. The van der Waals surface area contributed by atoms with Crippen LogP contribution in [0.3, 0.4) is 0 Å². The predicted octanol–water partition coefficient (Wildman–Crippen LogP) is 0.886. The molecule has 3 nitrogen and oxygen atoms in total. The Hall–Kier alpha value is -0.570. The Kier molecular flexibility index (Phi) is 2.96. The lowest BCUT2D eigenvalue weighted by atomic mass is 9.98. The van der Waals surface area contributed by atoms with Crippen LogP contribution in [0.4, 0.5) is 0 Å². The van der Waals surface area contributed by atoms with Crippen LogP contribution in [0.1, 0.15) is 33.6 Å². The van der Waals surface area contributed by atoms with Crippen LogP contribution >= 0.6 is 0 Å². The topological polar surface area (TPSA) is 55.1 Å². The summed E-state index contributed by atoms with van der Waals surface area (Å²) in [7, 11) is 0. The van der Waals surface area contributed by atoms with Gasteiger partial charge >= 0.3 is 0 Å². The summed E-state index contributed by atoms with van der Waals surface area (Å²) in [6.07, 6.45) is 1.68. The number of amides is 1. The average molecular weight is 184 g/mol. The van der Waals surface area contributed by atoms with E-state index in [-0.39, 0.29) is 5.91 Å². The van der Waals surface area contributed by atoms with Gasteiger partial charge in [-0.2, -0.15) is 0 Å². The largest absolute Gasteiger partial charge is 0.354 e. The first-order valence-electron chi connectivity index (χ1n) is 5.03. The van der Waals surface area contributed by atoms with Gasteiger partial charge in [0.05, 0.1) is 5.54 Å². The molecule has 0 aliphatic heterocycles. The Bertz CT molecular complexity index is 197. The fraction of sp³-hybridized carbons (Fsp3) is 0.900. The molecule has 1 aliphatic carbocycles. The molecule has 1 amide bonds. The molecule has 0 aromatic rings. The summed E-state index contributed by atoms with van der Waals surface area (Å²) in [5.41, 5.74) is 5.22. The first-order valence-corrected chi connectivity index (χ1v) is 5.03. The van der Waals surface area contributed by atoms with E-state index in [4.69, 9.17) is 5.73 Å². The zero-order valence-corrected chi connectivity index (χ0v) is 8.76. The number of nitrogens with one attached hydrogen (secondary N) is 1. The minimum atomic E-state index is -0.517. The predicted molar refractivity (Wildman–Crippen MR) is 53.2 cm³/mol. The van der Waals surface area contributed by atoms with Gasteiger partial charge in [-0.25, -0.2) is 0 Å². The molecule has 1 atom stereocenters. The molecule has 0 aromatic heterocycles. The molecule has 0 radical (unpaired) electrons. The van der Waals surface area contributed by atoms with Crippen molar-refractivity contribution in [2.75, 3.05) is 6.54 Å². The Morgan fingerprint density at radius 3 is 2.38 bits per heavy atom. The van der Waals surface area contributed by atoms with E-state index in [1.54, 1.807) is 0 Å². The number of carbonyl (C=O) groups excluding carboxylic acids is 1. The van der Waals surface area contributed by atoms with Crippen LogP contribution in [0.5, 0.6) is 0 Å².